The Morgan fingerprint density at radius 1 is 1.36 bits per heavy atom. The van der Waals surface area contributed by atoms with Gasteiger partial charge in [-0.3, -0.25) is 4.90 Å². The van der Waals surface area contributed by atoms with E-state index in [0.717, 1.165) is 24.4 Å². The number of nitrogens with zero attached hydrogens (tertiary/aromatic N) is 2. The Morgan fingerprint density at radius 3 is 2.72 bits per heavy atom. The number of amides is 1. The van der Waals surface area contributed by atoms with Crippen molar-refractivity contribution in [3.63, 3.8) is 0 Å². The molecule has 1 fully saturated rings. The highest BCUT2D eigenvalue weighted by molar-refractivity contribution is 6.81. The van der Waals surface area contributed by atoms with Gasteiger partial charge in [0.05, 0.1) is 26.0 Å². The topological polar surface area (TPSA) is 58.2 Å². The fourth-order valence-corrected chi connectivity index (χ4v) is 3.39. The lowest BCUT2D eigenvalue weighted by Gasteiger charge is -2.27. The molecule has 1 atom stereocenters. The fraction of sp³-hybridized carbons (Fsp3) is 0.579. The predicted molar refractivity (Wildman–Crippen MR) is 105 cm³/mol. The van der Waals surface area contributed by atoms with Crippen molar-refractivity contribution >= 4 is 20.2 Å². The van der Waals surface area contributed by atoms with Crippen LogP contribution in [0.5, 0.6) is 0 Å². The molecule has 1 aliphatic heterocycles. The van der Waals surface area contributed by atoms with Gasteiger partial charge in [-0.05, 0) is 39.7 Å². The molecule has 5 nitrogen and oxygen atoms in total. The van der Waals surface area contributed by atoms with Crippen molar-refractivity contribution < 1.29 is 9.53 Å². The Balaban J connectivity index is 2.04. The number of aromatic nitrogens is 2. The van der Waals surface area contributed by atoms with Crippen LogP contribution in [0.25, 0.3) is 6.08 Å². The van der Waals surface area contributed by atoms with Crippen LogP contribution in [0.4, 0.5) is 4.79 Å². The van der Waals surface area contributed by atoms with Gasteiger partial charge in [-0.1, -0.05) is 37.5 Å². The van der Waals surface area contributed by atoms with E-state index in [4.69, 9.17) is 4.74 Å². The molecule has 1 aromatic rings. The molecular formula is C19H31N3O2Si. The van der Waals surface area contributed by atoms with Crippen LogP contribution in [0, 0.1) is 0 Å². The number of hydrogen-bond donors (Lipinski definition) is 1. The standard InChI is InChI=1S/C19H31N3O2Si/c1-19(2,3)24-18(23)22-12-9-11-16(22)17-20-14-15(21-17)10-7-8-13-25(4,5)6/h7-8,10,13-14,16H,9,11-12H2,1-6H3,(H,20,21)/t16-/m0/s1. The Hall–Kier alpha value is -1.82. The lowest BCUT2D eigenvalue weighted by atomic mass is 10.2. The lowest BCUT2D eigenvalue weighted by molar-refractivity contribution is 0.0218. The number of nitrogens with one attached hydrogen (secondary N) is 1. The molecule has 6 heteroatoms. The van der Waals surface area contributed by atoms with Gasteiger partial charge in [-0.2, -0.15) is 0 Å². The van der Waals surface area contributed by atoms with E-state index in [1.807, 2.05) is 39.1 Å². The minimum absolute atomic E-state index is 0.0328. The van der Waals surface area contributed by atoms with Crippen LogP contribution in [0.15, 0.2) is 24.0 Å². The van der Waals surface area contributed by atoms with Crippen LogP contribution in [-0.4, -0.2) is 41.2 Å². The third-order valence-corrected chi connectivity index (χ3v) is 4.99. The summed E-state index contributed by atoms with van der Waals surface area (Å²) >= 11 is 0. The molecule has 25 heavy (non-hydrogen) atoms. The van der Waals surface area contributed by atoms with Crippen molar-refractivity contribution in [2.75, 3.05) is 6.54 Å². The van der Waals surface area contributed by atoms with Crippen molar-refractivity contribution in [3.05, 3.63) is 35.6 Å². The van der Waals surface area contributed by atoms with Crippen LogP contribution in [0.3, 0.4) is 0 Å². The van der Waals surface area contributed by atoms with E-state index in [1.165, 1.54) is 0 Å². The first-order valence-corrected chi connectivity index (χ1v) is 12.5. The minimum Gasteiger partial charge on any atom is -0.444 e. The van der Waals surface area contributed by atoms with Gasteiger partial charge in [0.1, 0.15) is 11.4 Å². The van der Waals surface area contributed by atoms with Crippen molar-refractivity contribution in [2.24, 2.45) is 0 Å². The highest BCUT2D eigenvalue weighted by Crippen LogP contribution is 2.31. The summed E-state index contributed by atoms with van der Waals surface area (Å²) in [7, 11) is -1.17. The van der Waals surface area contributed by atoms with Crippen LogP contribution < -0.4 is 0 Å². The molecule has 0 aromatic carbocycles. The van der Waals surface area contributed by atoms with Gasteiger partial charge in [0.15, 0.2) is 0 Å². The maximum absolute atomic E-state index is 12.4. The molecular weight excluding hydrogens is 330 g/mol. The number of hydrogen-bond acceptors (Lipinski definition) is 3. The molecule has 2 heterocycles. The zero-order valence-corrected chi connectivity index (χ0v) is 17.3. The maximum atomic E-state index is 12.4. The van der Waals surface area contributed by atoms with Crippen LogP contribution >= 0.6 is 0 Å². The molecule has 1 aromatic heterocycles. The molecule has 1 saturated heterocycles. The summed E-state index contributed by atoms with van der Waals surface area (Å²) in [4.78, 5) is 22.0. The Labute approximate surface area is 152 Å². The summed E-state index contributed by atoms with van der Waals surface area (Å²) in [6.45, 7) is 13.3. The van der Waals surface area contributed by atoms with Crippen molar-refractivity contribution in [2.45, 2.75) is 64.9 Å². The lowest BCUT2D eigenvalue weighted by Crippen LogP contribution is -2.36. The SMILES string of the molecule is CC(C)(C)OC(=O)N1CCC[C@H]1c1ncc(C=CC=C[Si](C)(C)C)[nH]1. The van der Waals surface area contributed by atoms with E-state index in [9.17, 15) is 4.79 Å². The van der Waals surface area contributed by atoms with Gasteiger partial charge >= 0.3 is 6.09 Å². The first kappa shape index (κ1) is 19.5. The van der Waals surface area contributed by atoms with Gasteiger partial charge in [0, 0.05) is 6.54 Å². The van der Waals surface area contributed by atoms with Crippen LogP contribution in [0.1, 0.15) is 51.2 Å². The molecule has 0 radical (unpaired) electrons. The molecule has 1 N–H and O–H groups in total. The second kappa shape index (κ2) is 7.60. The van der Waals surface area contributed by atoms with Crippen LogP contribution in [-0.2, 0) is 4.74 Å². The predicted octanol–water partition coefficient (Wildman–Crippen LogP) is 4.93. The molecule has 1 amide bonds. The van der Waals surface area contributed by atoms with E-state index in [-0.39, 0.29) is 12.1 Å². The number of likely N-dealkylation sites (tertiary alicyclic amines) is 1. The van der Waals surface area contributed by atoms with E-state index >= 15 is 0 Å². The molecule has 0 saturated carbocycles. The van der Waals surface area contributed by atoms with Gasteiger partial charge < -0.3 is 9.72 Å². The molecule has 0 aliphatic carbocycles. The molecule has 0 bridgehead atoms. The highest BCUT2D eigenvalue weighted by atomic mass is 28.3. The molecule has 0 unspecified atom stereocenters. The van der Waals surface area contributed by atoms with Gasteiger partial charge in [-0.25, -0.2) is 9.78 Å². The number of aromatic amines is 1. The largest absolute Gasteiger partial charge is 0.444 e. The number of H-pyrrole nitrogens is 1. The summed E-state index contributed by atoms with van der Waals surface area (Å²) < 4.78 is 5.52. The second-order valence-electron chi connectivity index (χ2n) is 8.64. The monoisotopic (exact) mass is 361 g/mol. The summed E-state index contributed by atoms with van der Waals surface area (Å²) in [5.74, 6) is 0.831. The number of carbonyl (C=O) groups is 1. The maximum Gasteiger partial charge on any atom is 0.410 e. The average molecular weight is 362 g/mol. The van der Waals surface area contributed by atoms with Gasteiger partial charge in [0.2, 0.25) is 0 Å². The number of rotatable bonds is 4. The summed E-state index contributed by atoms with van der Waals surface area (Å²) in [5.41, 5.74) is 2.76. The van der Waals surface area contributed by atoms with Crippen molar-refractivity contribution in [1.29, 1.82) is 0 Å². The zero-order chi connectivity index (χ0) is 18.7. The first-order valence-electron chi connectivity index (χ1n) is 8.96. The second-order valence-corrected chi connectivity index (χ2v) is 13.7. The average Bonchev–Trinajstić information content (AvgIpc) is 3.09. The molecule has 1 aliphatic rings. The number of carbonyl (C=O) groups excluding carboxylic acids is 1. The van der Waals surface area contributed by atoms with E-state index < -0.39 is 13.7 Å². The van der Waals surface area contributed by atoms with E-state index in [2.05, 4.69) is 41.4 Å². The molecule has 138 valence electrons. The molecule has 0 spiro atoms. The first-order chi connectivity index (χ1) is 11.6. The summed E-state index contributed by atoms with van der Waals surface area (Å²) in [5, 5.41) is 0. The Morgan fingerprint density at radius 2 is 2.08 bits per heavy atom. The van der Waals surface area contributed by atoms with E-state index in [1.54, 1.807) is 4.90 Å². The number of ether oxygens (including phenoxy) is 1. The molecule has 2 rings (SSSR count). The highest BCUT2D eigenvalue weighted by Gasteiger charge is 2.34. The summed E-state index contributed by atoms with van der Waals surface area (Å²) in [6, 6.07) is -0.0328. The van der Waals surface area contributed by atoms with Crippen LogP contribution in [0.2, 0.25) is 19.6 Å². The van der Waals surface area contributed by atoms with Crippen molar-refractivity contribution in [1.82, 2.24) is 14.9 Å². The normalized spacial score (nSPS) is 19.3. The fourth-order valence-electron chi connectivity index (χ4n) is 2.70. The number of allylic oxidation sites excluding steroid dienone is 2. The smallest absolute Gasteiger partial charge is 0.410 e. The van der Waals surface area contributed by atoms with Gasteiger partial charge in [0.25, 0.3) is 0 Å². The Kier molecular flexibility index (Phi) is 5.93. The quantitative estimate of drug-likeness (QED) is 0.611. The summed E-state index contributed by atoms with van der Waals surface area (Å²) in [6.07, 6.45) is 9.59. The number of imidazole rings is 1. The third-order valence-electron chi connectivity index (χ3n) is 3.79. The van der Waals surface area contributed by atoms with Crippen molar-refractivity contribution in [3.8, 4) is 0 Å². The van der Waals surface area contributed by atoms with E-state index in [0.29, 0.717) is 6.54 Å². The van der Waals surface area contributed by atoms with Gasteiger partial charge in [-0.15, -0.1) is 0 Å². The zero-order valence-electron chi connectivity index (χ0n) is 16.3. The minimum atomic E-state index is -1.17. The Bertz CT molecular complexity index is 650. The third kappa shape index (κ3) is 6.19.